The van der Waals surface area contributed by atoms with Crippen molar-refractivity contribution in [2.75, 3.05) is 0 Å². The van der Waals surface area contributed by atoms with Gasteiger partial charge in [0.25, 0.3) is 6.33 Å². The van der Waals surface area contributed by atoms with Gasteiger partial charge in [0.05, 0.1) is 33.8 Å². The Morgan fingerprint density at radius 3 is 1.77 bits per heavy atom. The maximum absolute atomic E-state index is 7.19. The van der Waals surface area contributed by atoms with E-state index in [1.54, 1.807) is 0 Å². The summed E-state index contributed by atoms with van der Waals surface area (Å²) in [5.41, 5.74) is 18.1. The number of aromatic nitrogens is 4. The number of hydrogen-bond acceptors (Lipinski definition) is 2. The number of fused-ring (bicyclic) bond motifs is 3. The van der Waals surface area contributed by atoms with E-state index >= 15 is 0 Å². The fourth-order valence-corrected chi connectivity index (χ4v) is 11.1. The van der Waals surface area contributed by atoms with E-state index in [4.69, 9.17) is 9.72 Å². The van der Waals surface area contributed by atoms with Crippen molar-refractivity contribution in [3.05, 3.63) is 257 Å². The second-order valence-corrected chi connectivity index (χ2v) is 21.9. The van der Waals surface area contributed by atoms with Gasteiger partial charge in [-0.3, -0.25) is 13.7 Å². The Kier molecular flexibility index (Phi) is 12.7. The molecular formula is C70H66N4O. The third-order valence-corrected chi connectivity index (χ3v) is 15.8. The highest BCUT2D eigenvalue weighted by Crippen LogP contribution is 2.42. The number of rotatable bonds is 13. The minimum atomic E-state index is -0.261. The second-order valence-electron chi connectivity index (χ2n) is 21.9. The molecular weight excluding hydrogens is 913 g/mol. The van der Waals surface area contributed by atoms with E-state index in [1.807, 2.05) is 6.20 Å². The van der Waals surface area contributed by atoms with Crippen LogP contribution in [0.4, 0.5) is 0 Å². The van der Waals surface area contributed by atoms with Crippen LogP contribution < -0.4 is 9.30 Å². The highest BCUT2D eigenvalue weighted by Gasteiger charge is 2.27. The molecule has 372 valence electrons. The Morgan fingerprint density at radius 2 is 1.11 bits per heavy atom. The molecule has 0 unspecified atom stereocenters. The largest absolute Gasteiger partial charge is 0.458 e. The zero-order valence-electron chi connectivity index (χ0n) is 45.0. The summed E-state index contributed by atoms with van der Waals surface area (Å²) in [7, 11) is 0. The number of hydrogen-bond donors (Lipinski definition) is 0. The summed E-state index contributed by atoms with van der Waals surface area (Å²) in [5.74, 6) is 2.95. The average molecular weight is 979 g/mol. The maximum atomic E-state index is 7.19. The van der Waals surface area contributed by atoms with Gasteiger partial charge in [0.1, 0.15) is 17.3 Å². The molecule has 11 rings (SSSR count). The Bertz CT molecular complexity index is 3850. The van der Waals surface area contributed by atoms with Crippen LogP contribution in [0.15, 0.2) is 206 Å². The molecule has 5 nitrogen and oxygen atoms in total. The zero-order valence-corrected chi connectivity index (χ0v) is 45.0. The lowest BCUT2D eigenvalue weighted by molar-refractivity contribution is -0.606. The molecule has 0 fully saturated rings. The predicted octanol–water partition coefficient (Wildman–Crippen LogP) is 17.7. The molecule has 0 atom stereocenters. The third-order valence-electron chi connectivity index (χ3n) is 15.8. The van der Waals surface area contributed by atoms with Gasteiger partial charge >= 0.3 is 0 Å². The van der Waals surface area contributed by atoms with Crippen LogP contribution in [0, 0.1) is 20.2 Å². The van der Waals surface area contributed by atoms with Crippen molar-refractivity contribution < 1.29 is 9.30 Å². The molecule has 0 N–H and O–H groups in total. The van der Waals surface area contributed by atoms with E-state index < -0.39 is 0 Å². The SMILES string of the molecule is Cc1c(C)[n+](-c2cc(-c3ccccc3)cc(C(C)(C)c3ccccc3)c2)[c-]n1-c1cc(Oc2ccc3c4ccccc4n(-c4cc(C(C)(C)c5ccccc5)ccn4)c3c2)cc(-c2c(C(C)C)cccc2C(C)C)c1. The number of para-hydroxylation sites is 1. The van der Waals surface area contributed by atoms with Gasteiger partial charge in [-0.1, -0.05) is 189 Å². The highest BCUT2D eigenvalue weighted by atomic mass is 16.5. The third kappa shape index (κ3) is 9.05. The first-order chi connectivity index (χ1) is 36.2. The van der Waals surface area contributed by atoms with Crippen LogP contribution in [0.5, 0.6) is 11.5 Å². The van der Waals surface area contributed by atoms with Crippen LogP contribution in [0.3, 0.4) is 0 Å². The van der Waals surface area contributed by atoms with Crippen molar-refractivity contribution in [1.29, 1.82) is 0 Å². The number of imidazole rings is 1. The van der Waals surface area contributed by atoms with Crippen LogP contribution in [-0.2, 0) is 10.8 Å². The van der Waals surface area contributed by atoms with E-state index in [0.717, 1.165) is 73.0 Å². The highest BCUT2D eigenvalue weighted by molar-refractivity contribution is 6.09. The van der Waals surface area contributed by atoms with Gasteiger partial charge in [-0.15, -0.1) is 0 Å². The zero-order chi connectivity index (χ0) is 52.2. The molecule has 0 saturated heterocycles. The van der Waals surface area contributed by atoms with Crippen molar-refractivity contribution in [2.45, 2.75) is 91.9 Å². The molecule has 0 bridgehead atoms. The lowest BCUT2D eigenvalue weighted by Crippen LogP contribution is -2.33. The number of ether oxygens (including phenoxy) is 1. The number of nitrogens with zero attached hydrogens (tertiary/aromatic N) is 4. The molecule has 0 saturated carbocycles. The molecule has 8 aromatic carbocycles. The van der Waals surface area contributed by atoms with Crippen LogP contribution in [-0.4, -0.2) is 14.1 Å². The fourth-order valence-electron chi connectivity index (χ4n) is 11.1. The monoisotopic (exact) mass is 979 g/mol. The van der Waals surface area contributed by atoms with E-state index in [-0.39, 0.29) is 10.8 Å². The van der Waals surface area contributed by atoms with Crippen molar-refractivity contribution in [3.63, 3.8) is 0 Å². The minimum absolute atomic E-state index is 0.236. The second kappa shape index (κ2) is 19.5. The quantitative estimate of drug-likeness (QED) is 0.0852. The van der Waals surface area contributed by atoms with Crippen LogP contribution in [0.1, 0.15) is 112 Å². The lowest BCUT2D eigenvalue weighted by atomic mass is 9.77. The summed E-state index contributed by atoms with van der Waals surface area (Å²) in [6.07, 6.45) is 5.83. The molecule has 3 heterocycles. The smallest absolute Gasteiger partial charge is 0.269 e. The molecule has 0 spiro atoms. The van der Waals surface area contributed by atoms with E-state index in [9.17, 15) is 0 Å². The van der Waals surface area contributed by atoms with Crippen LogP contribution in [0.2, 0.25) is 0 Å². The Labute approximate surface area is 443 Å². The molecule has 0 amide bonds. The summed E-state index contributed by atoms with van der Waals surface area (Å²) in [6, 6.07) is 72.2. The van der Waals surface area contributed by atoms with Gasteiger partial charge in [-0.25, -0.2) is 4.98 Å². The lowest BCUT2D eigenvalue weighted by Gasteiger charge is -2.28. The number of pyridine rings is 1. The van der Waals surface area contributed by atoms with Crippen molar-refractivity contribution in [2.24, 2.45) is 0 Å². The minimum Gasteiger partial charge on any atom is -0.458 e. The first-order valence-corrected chi connectivity index (χ1v) is 26.5. The molecule has 75 heavy (non-hydrogen) atoms. The van der Waals surface area contributed by atoms with Gasteiger partial charge in [0.15, 0.2) is 0 Å². The average Bonchev–Trinajstić information content (AvgIpc) is 3.96. The van der Waals surface area contributed by atoms with Gasteiger partial charge in [-0.05, 0) is 142 Å². The van der Waals surface area contributed by atoms with Crippen LogP contribution >= 0.6 is 0 Å². The van der Waals surface area contributed by atoms with Crippen molar-refractivity contribution in [3.8, 4) is 50.9 Å². The summed E-state index contributed by atoms with van der Waals surface area (Å²) in [4.78, 5) is 5.04. The normalized spacial score (nSPS) is 12.1. The van der Waals surface area contributed by atoms with Crippen molar-refractivity contribution >= 4 is 21.8 Å². The summed E-state index contributed by atoms with van der Waals surface area (Å²) in [5, 5.41) is 2.30. The van der Waals surface area contributed by atoms with E-state index in [2.05, 4.69) is 289 Å². The molecule has 0 aliphatic rings. The van der Waals surface area contributed by atoms with Gasteiger partial charge in [0, 0.05) is 33.9 Å². The Morgan fingerprint density at radius 1 is 0.493 bits per heavy atom. The maximum Gasteiger partial charge on any atom is 0.269 e. The molecule has 0 aliphatic carbocycles. The van der Waals surface area contributed by atoms with E-state index in [1.165, 1.54) is 44.5 Å². The summed E-state index contributed by atoms with van der Waals surface area (Å²) in [6.45, 7) is 22.8. The summed E-state index contributed by atoms with van der Waals surface area (Å²) >= 11 is 0. The van der Waals surface area contributed by atoms with Gasteiger partial charge in [-0.2, -0.15) is 0 Å². The van der Waals surface area contributed by atoms with Gasteiger partial charge in [0.2, 0.25) is 0 Å². The Hall–Kier alpha value is -8.28. The standard InChI is InChI=1S/C70H66N4O/c1-46(2)61-30-22-31-62(47(3)4)68(61)52-39-58(73-45-72(48(5)49(73)6)57-38-51(50-23-14-11-15-24-50)37-56(41-57)70(9,10)54-27-18-13-19-28-54)43-60(40-52)75-59-33-34-64-63-29-20-21-32-65(63)74(66(64)44-59)67-42-55(35-36-71-67)69(7,8)53-25-16-12-17-26-53/h11-44,46-47H,1-10H3. The molecule has 5 heteroatoms. The van der Waals surface area contributed by atoms with E-state index in [0.29, 0.717) is 11.8 Å². The first kappa shape index (κ1) is 49.0. The van der Waals surface area contributed by atoms with Gasteiger partial charge < -0.3 is 4.74 Å². The predicted molar refractivity (Wildman–Crippen MR) is 310 cm³/mol. The molecule has 0 aliphatic heterocycles. The topological polar surface area (TPSA) is 35.9 Å². The van der Waals surface area contributed by atoms with Crippen molar-refractivity contribution in [1.82, 2.24) is 14.1 Å². The summed E-state index contributed by atoms with van der Waals surface area (Å²) < 4.78 is 13.9. The van der Waals surface area contributed by atoms with Crippen LogP contribution in [0.25, 0.3) is 61.3 Å². The molecule has 3 aromatic heterocycles. The molecule has 0 radical (unpaired) electrons. The molecule has 11 aromatic rings. The Balaban J connectivity index is 1.07. The fraction of sp³-hybridized carbons (Fsp3) is 0.200. The first-order valence-electron chi connectivity index (χ1n) is 26.5. The number of benzene rings is 8.